The van der Waals surface area contributed by atoms with E-state index in [1.54, 1.807) is 25.1 Å². The van der Waals surface area contributed by atoms with Crippen LogP contribution >= 0.6 is 0 Å². The fourth-order valence-electron chi connectivity index (χ4n) is 2.57. The van der Waals surface area contributed by atoms with Crippen LogP contribution in [-0.4, -0.2) is 25.3 Å². The summed E-state index contributed by atoms with van der Waals surface area (Å²) in [6.45, 7) is 2.21. The van der Waals surface area contributed by atoms with Crippen LogP contribution in [0, 0.1) is 18.3 Å². The van der Waals surface area contributed by atoms with Crippen molar-refractivity contribution in [1.29, 1.82) is 5.26 Å². The van der Waals surface area contributed by atoms with E-state index in [1.165, 1.54) is 6.07 Å². The maximum atomic E-state index is 11.7. The van der Waals surface area contributed by atoms with Crippen molar-refractivity contribution in [2.45, 2.75) is 31.1 Å². The van der Waals surface area contributed by atoms with Crippen molar-refractivity contribution < 1.29 is 17.8 Å². The van der Waals surface area contributed by atoms with Gasteiger partial charge in [-0.3, -0.25) is 9.35 Å². The molecule has 0 atom stereocenters. The van der Waals surface area contributed by atoms with Gasteiger partial charge in [0.2, 0.25) is 0 Å². The number of hydrogen-bond acceptors (Lipinski definition) is 5. The van der Waals surface area contributed by atoms with Crippen molar-refractivity contribution in [3.63, 3.8) is 0 Å². The quantitative estimate of drug-likeness (QED) is 0.589. The van der Waals surface area contributed by atoms with Crippen molar-refractivity contribution in [1.82, 2.24) is 0 Å². The summed E-state index contributed by atoms with van der Waals surface area (Å²) in [5.74, 6) is -0.119. The number of nitrogens with one attached hydrogen (secondary N) is 1. The molecule has 0 amide bonds. The van der Waals surface area contributed by atoms with Gasteiger partial charge < -0.3 is 5.32 Å². The van der Waals surface area contributed by atoms with Crippen LogP contribution in [0.2, 0.25) is 0 Å². The zero-order chi connectivity index (χ0) is 17.7. The van der Waals surface area contributed by atoms with Gasteiger partial charge in [0.05, 0.1) is 12.5 Å². The third kappa shape index (κ3) is 4.31. The minimum Gasteiger partial charge on any atom is -0.384 e. The molecule has 0 saturated carbocycles. The molecule has 0 fully saturated rings. The Balaban J connectivity index is 2.28. The molecular formula is C17H18N2O4S. The average molecular weight is 346 g/mol. The van der Waals surface area contributed by atoms with Gasteiger partial charge in [0.15, 0.2) is 0 Å². The lowest BCUT2D eigenvalue weighted by atomic mass is 10.1. The number of nitrogens with zero attached hydrogens (tertiary/aromatic N) is 1. The summed E-state index contributed by atoms with van der Waals surface area (Å²) in [5.41, 5.74) is 1.31. The van der Waals surface area contributed by atoms with E-state index in [0.29, 0.717) is 29.4 Å². The fourth-order valence-corrected chi connectivity index (χ4v) is 3.39. The Morgan fingerprint density at radius 2 is 2.08 bits per heavy atom. The van der Waals surface area contributed by atoms with Gasteiger partial charge in [-0.25, -0.2) is 0 Å². The van der Waals surface area contributed by atoms with Gasteiger partial charge in [-0.1, -0.05) is 18.2 Å². The number of fused-ring (bicyclic) bond motifs is 1. The number of rotatable bonds is 7. The molecule has 0 spiro atoms. The molecule has 2 aromatic rings. The first kappa shape index (κ1) is 17.9. The van der Waals surface area contributed by atoms with E-state index in [4.69, 9.17) is 5.26 Å². The third-order valence-corrected chi connectivity index (χ3v) is 4.46. The van der Waals surface area contributed by atoms with Crippen LogP contribution < -0.4 is 5.32 Å². The lowest BCUT2D eigenvalue weighted by molar-refractivity contribution is -0.118. The predicted octanol–water partition coefficient (Wildman–Crippen LogP) is 3.07. The molecule has 2 N–H and O–H groups in total. The highest BCUT2D eigenvalue weighted by Crippen LogP contribution is 2.31. The molecule has 0 aromatic heterocycles. The van der Waals surface area contributed by atoms with E-state index in [9.17, 15) is 17.8 Å². The smallest absolute Gasteiger partial charge is 0.295 e. The number of aryl methyl sites for hydroxylation is 1. The SMILES string of the molecule is Cc1cc(S(=O)(=O)O)c2c(NCCCC(=O)CC#N)cccc2c1. The molecule has 7 heteroatoms. The summed E-state index contributed by atoms with van der Waals surface area (Å²) in [4.78, 5) is 11.2. The zero-order valence-corrected chi connectivity index (χ0v) is 14.1. The average Bonchev–Trinajstić information content (AvgIpc) is 2.50. The molecule has 2 aromatic carbocycles. The number of benzene rings is 2. The molecule has 0 bridgehead atoms. The number of nitriles is 1. The normalized spacial score (nSPS) is 11.2. The van der Waals surface area contributed by atoms with Crippen molar-refractivity contribution in [2.75, 3.05) is 11.9 Å². The minimum absolute atomic E-state index is 0.0968. The topological polar surface area (TPSA) is 107 Å². The van der Waals surface area contributed by atoms with Gasteiger partial charge in [-0.05, 0) is 36.4 Å². The molecule has 0 aliphatic rings. The molecule has 0 unspecified atom stereocenters. The highest BCUT2D eigenvalue weighted by atomic mass is 32.2. The van der Waals surface area contributed by atoms with Crippen LogP contribution in [-0.2, 0) is 14.9 Å². The second-order valence-corrected chi connectivity index (χ2v) is 6.94. The second kappa shape index (κ2) is 7.43. The highest BCUT2D eigenvalue weighted by molar-refractivity contribution is 7.86. The molecule has 24 heavy (non-hydrogen) atoms. The Kier molecular flexibility index (Phi) is 5.54. The monoisotopic (exact) mass is 346 g/mol. The van der Waals surface area contributed by atoms with Crippen molar-refractivity contribution in [2.24, 2.45) is 0 Å². The lowest BCUT2D eigenvalue weighted by Gasteiger charge is -2.13. The molecular weight excluding hydrogens is 328 g/mol. The zero-order valence-electron chi connectivity index (χ0n) is 13.2. The third-order valence-electron chi connectivity index (χ3n) is 3.59. The number of anilines is 1. The summed E-state index contributed by atoms with van der Waals surface area (Å²) in [6, 6.07) is 10.4. The Morgan fingerprint density at radius 3 is 2.75 bits per heavy atom. The van der Waals surface area contributed by atoms with E-state index in [0.717, 1.165) is 5.56 Å². The maximum absolute atomic E-state index is 11.7. The number of Topliss-reactive ketones (excluding diaryl/α,β-unsaturated/α-hetero) is 1. The molecule has 0 aliphatic carbocycles. The maximum Gasteiger partial charge on any atom is 0.295 e. The van der Waals surface area contributed by atoms with Gasteiger partial charge in [-0.2, -0.15) is 13.7 Å². The Morgan fingerprint density at radius 1 is 1.33 bits per heavy atom. The number of carbonyl (C=O) groups is 1. The van der Waals surface area contributed by atoms with Gasteiger partial charge in [0.25, 0.3) is 10.1 Å². The Bertz CT molecular complexity index is 914. The molecule has 2 rings (SSSR count). The Labute approximate surface area is 140 Å². The Hall–Kier alpha value is -2.43. The van der Waals surface area contributed by atoms with E-state index in [2.05, 4.69) is 5.32 Å². The number of ketones is 1. The first-order valence-corrected chi connectivity index (χ1v) is 8.90. The molecule has 0 aliphatic heterocycles. The van der Waals surface area contributed by atoms with Crippen LogP contribution in [0.5, 0.6) is 0 Å². The summed E-state index contributed by atoms with van der Waals surface area (Å²) in [7, 11) is -4.36. The van der Waals surface area contributed by atoms with Crippen LogP contribution in [0.4, 0.5) is 5.69 Å². The fraction of sp³-hybridized carbons (Fsp3) is 0.294. The molecule has 0 heterocycles. The second-order valence-electron chi connectivity index (χ2n) is 5.55. The standard InChI is InChI=1S/C17H18N2O4S/c1-12-10-13-4-2-6-15(17(13)16(11-12)24(21,22)23)19-9-3-5-14(20)7-8-18/h2,4,6,10-11,19H,3,5,7,9H2,1H3,(H,21,22,23). The van der Waals surface area contributed by atoms with Crippen molar-refractivity contribution in [3.8, 4) is 6.07 Å². The van der Waals surface area contributed by atoms with Crippen LogP contribution in [0.3, 0.4) is 0 Å². The van der Waals surface area contributed by atoms with Gasteiger partial charge in [-0.15, -0.1) is 0 Å². The summed E-state index contributed by atoms with van der Waals surface area (Å²) in [6.07, 6.45) is 0.722. The van der Waals surface area contributed by atoms with E-state index in [1.807, 2.05) is 12.1 Å². The van der Waals surface area contributed by atoms with Gasteiger partial charge in [0, 0.05) is 24.0 Å². The first-order valence-electron chi connectivity index (χ1n) is 7.46. The first-order chi connectivity index (χ1) is 11.3. The van der Waals surface area contributed by atoms with Crippen LogP contribution in [0.15, 0.2) is 35.2 Å². The number of carbonyl (C=O) groups excluding carboxylic acids is 1. The molecule has 0 saturated heterocycles. The summed E-state index contributed by atoms with van der Waals surface area (Å²) >= 11 is 0. The predicted molar refractivity (Wildman–Crippen MR) is 91.5 cm³/mol. The van der Waals surface area contributed by atoms with Gasteiger partial charge >= 0.3 is 0 Å². The van der Waals surface area contributed by atoms with E-state index in [-0.39, 0.29) is 23.5 Å². The van der Waals surface area contributed by atoms with E-state index < -0.39 is 10.1 Å². The molecule has 0 radical (unpaired) electrons. The van der Waals surface area contributed by atoms with Crippen molar-refractivity contribution in [3.05, 3.63) is 35.9 Å². The largest absolute Gasteiger partial charge is 0.384 e. The van der Waals surface area contributed by atoms with Crippen LogP contribution in [0.1, 0.15) is 24.8 Å². The highest BCUT2D eigenvalue weighted by Gasteiger charge is 2.17. The summed E-state index contributed by atoms with van der Waals surface area (Å²) in [5, 5.41) is 12.7. The number of hydrogen-bond donors (Lipinski definition) is 2. The lowest BCUT2D eigenvalue weighted by Crippen LogP contribution is -2.07. The van der Waals surface area contributed by atoms with Gasteiger partial charge in [0.1, 0.15) is 10.7 Å². The van der Waals surface area contributed by atoms with Crippen molar-refractivity contribution >= 4 is 32.4 Å². The molecule has 126 valence electrons. The van der Waals surface area contributed by atoms with E-state index >= 15 is 0 Å². The minimum atomic E-state index is -4.36. The summed E-state index contributed by atoms with van der Waals surface area (Å²) < 4.78 is 32.9. The van der Waals surface area contributed by atoms with Crippen LogP contribution in [0.25, 0.3) is 10.8 Å². The molecule has 6 nitrogen and oxygen atoms in total.